The Balaban J connectivity index is 0.000000314. The number of carbonyl (C=O) groups excluding carboxylic acids is 1. The molecule has 0 saturated carbocycles. The van der Waals surface area contributed by atoms with Crippen LogP contribution in [0.1, 0.15) is 47.8 Å². The molecule has 0 aliphatic carbocycles. The number of fused-ring (bicyclic) bond motifs is 1. The van der Waals surface area contributed by atoms with Gasteiger partial charge >= 0.3 is 0 Å². The van der Waals surface area contributed by atoms with Crippen molar-refractivity contribution in [3.8, 4) is 5.75 Å². The zero-order chi connectivity index (χ0) is 26.3. The van der Waals surface area contributed by atoms with E-state index >= 15 is 0 Å². The van der Waals surface area contributed by atoms with Crippen molar-refractivity contribution < 1.29 is 31.4 Å². The van der Waals surface area contributed by atoms with E-state index in [1.165, 1.54) is 35.6 Å². The molecule has 1 radical (unpaired) electrons. The molecule has 0 spiro atoms. The fourth-order valence-electron chi connectivity index (χ4n) is 4.77. The second-order valence-electron chi connectivity index (χ2n) is 8.79. The monoisotopic (exact) mass is 542 g/mol. The summed E-state index contributed by atoms with van der Waals surface area (Å²) in [7, 11) is 1.71. The molecule has 0 aromatic heterocycles. The van der Waals surface area contributed by atoms with Gasteiger partial charge in [-0.15, -0.1) is 0 Å². The van der Waals surface area contributed by atoms with Crippen LogP contribution in [0.25, 0.3) is 0 Å². The molecule has 1 heterocycles. The molecule has 0 fully saturated rings. The molecule has 3 aromatic rings. The van der Waals surface area contributed by atoms with Crippen molar-refractivity contribution in [2.24, 2.45) is 0 Å². The van der Waals surface area contributed by atoms with E-state index in [1.54, 1.807) is 31.4 Å². The number of ether oxygens (including phenoxy) is 1. The first-order chi connectivity index (χ1) is 17.3. The Bertz CT molecular complexity index is 1260. The van der Waals surface area contributed by atoms with Crippen LogP contribution in [0.3, 0.4) is 0 Å². The maximum atomic E-state index is 11.0. The van der Waals surface area contributed by atoms with Gasteiger partial charge in [-0.05, 0) is 68.7 Å². The molecule has 7 heteroatoms. The molecular formula is C30H33CoN3O3. The Labute approximate surface area is 229 Å². The third-order valence-electron chi connectivity index (χ3n) is 6.46. The third kappa shape index (κ3) is 6.36. The fourth-order valence-corrected chi connectivity index (χ4v) is 4.77. The molecule has 1 atom stereocenters. The zero-order valence-corrected chi connectivity index (χ0v) is 22.6. The Morgan fingerprint density at radius 3 is 2.19 bits per heavy atom. The third-order valence-corrected chi connectivity index (χ3v) is 6.46. The number of nitrogens with zero attached hydrogens (tertiary/aromatic N) is 1. The van der Waals surface area contributed by atoms with E-state index in [2.05, 4.69) is 55.1 Å². The SMILES string of the molecule is CC(=O)c1ccccc1C(=N)O.CCN1/C(=C\C=N)C(C)(Cc2ccccc2)c2cc(OC)ccc21.[Co]. The fraction of sp³-hybridized carbons (Fsp3) is 0.233. The molecule has 3 aromatic carbocycles. The van der Waals surface area contributed by atoms with Crippen molar-refractivity contribution in [1.82, 2.24) is 0 Å². The number of rotatable bonds is 7. The number of likely N-dealkylation sites (N-methyl/N-ethyl adjacent to an activating group) is 1. The van der Waals surface area contributed by atoms with Gasteiger partial charge in [0, 0.05) is 57.5 Å². The van der Waals surface area contributed by atoms with Crippen LogP contribution in [0.15, 0.2) is 84.6 Å². The molecule has 1 aliphatic heterocycles. The van der Waals surface area contributed by atoms with Crippen LogP contribution >= 0.6 is 0 Å². The van der Waals surface area contributed by atoms with Crippen LogP contribution in [-0.2, 0) is 28.6 Å². The van der Waals surface area contributed by atoms with Crippen LogP contribution in [0.2, 0.25) is 0 Å². The van der Waals surface area contributed by atoms with E-state index in [9.17, 15) is 4.79 Å². The number of aliphatic hydroxyl groups is 1. The van der Waals surface area contributed by atoms with Gasteiger partial charge < -0.3 is 20.2 Å². The summed E-state index contributed by atoms with van der Waals surface area (Å²) in [5.74, 6) is 0.158. The molecule has 37 heavy (non-hydrogen) atoms. The van der Waals surface area contributed by atoms with Gasteiger partial charge in [-0.1, -0.05) is 48.5 Å². The number of Topliss-reactive ketones (excluding diaryl/α,β-unsaturated/α-hetero) is 1. The average molecular weight is 543 g/mol. The Morgan fingerprint density at radius 2 is 1.68 bits per heavy atom. The predicted molar refractivity (Wildman–Crippen MR) is 146 cm³/mol. The van der Waals surface area contributed by atoms with Crippen molar-refractivity contribution >= 4 is 23.6 Å². The Kier molecular flexibility index (Phi) is 10.4. The number of hydrogen-bond acceptors (Lipinski definition) is 5. The number of benzene rings is 3. The second-order valence-corrected chi connectivity index (χ2v) is 8.79. The van der Waals surface area contributed by atoms with E-state index in [0.29, 0.717) is 5.56 Å². The number of hydrogen-bond donors (Lipinski definition) is 3. The smallest absolute Gasteiger partial charge is 0.211 e. The van der Waals surface area contributed by atoms with E-state index in [0.717, 1.165) is 18.7 Å². The first kappa shape index (κ1) is 29.5. The standard InChI is InChI=1S/C21H24N2O.C9H9NO2.Co/c1-4-23-19-11-10-17(24-3)14-18(19)21(2,20(23)12-13-22)15-16-8-6-5-7-9-16;1-6(11)7-4-2-3-5-8(7)9(10)12;/h5-14,22H,4,15H2,1-3H3;2-5H,1H3,(H2,10,12);/b20-12-,22-13?;;. The minimum absolute atomic E-state index is 0. The van der Waals surface area contributed by atoms with E-state index in [-0.39, 0.29) is 33.5 Å². The minimum atomic E-state index is -0.569. The van der Waals surface area contributed by atoms with Gasteiger partial charge in [-0.2, -0.15) is 0 Å². The summed E-state index contributed by atoms with van der Waals surface area (Å²) in [5, 5.41) is 23.5. The van der Waals surface area contributed by atoms with Crippen molar-refractivity contribution in [2.45, 2.75) is 32.6 Å². The largest absolute Gasteiger partial charge is 0.497 e. The summed E-state index contributed by atoms with van der Waals surface area (Å²) in [4.78, 5) is 13.3. The molecule has 3 N–H and O–H groups in total. The van der Waals surface area contributed by atoms with E-state index < -0.39 is 5.90 Å². The average Bonchev–Trinajstić information content (AvgIpc) is 3.11. The summed E-state index contributed by atoms with van der Waals surface area (Å²) in [6, 6.07) is 23.3. The molecule has 0 amide bonds. The van der Waals surface area contributed by atoms with Crippen molar-refractivity contribution in [3.63, 3.8) is 0 Å². The maximum Gasteiger partial charge on any atom is 0.211 e. The second kappa shape index (κ2) is 13.0. The van der Waals surface area contributed by atoms with Crippen molar-refractivity contribution in [1.29, 1.82) is 10.8 Å². The maximum absolute atomic E-state index is 11.0. The van der Waals surface area contributed by atoms with E-state index in [4.69, 9.17) is 20.7 Å². The first-order valence-corrected chi connectivity index (χ1v) is 11.9. The predicted octanol–water partition coefficient (Wildman–Crippen LogP) is 6.34. The molecule has 1 aliphatic rings. The number of allylic oxidation sites excluding steroid dienone is 2. The molecule has 4 rings (SSSR count). The van der Waals surface area contributed by atoms with Gasteiger partial charge in [-0.3, -0.25) is 10.2 Å². The topological polar surface area (TPSA) is 97.5 Å². The van der Waals surface area contributed by atoms with Gasteiger partial charge in [-0.25, -0.2) is 0 Å². The number of aliphatic hydroxyl groups excluding tert-OH is 1. The Hall–Kier alpha value is -3.68. The van der Waals surface area contributed by atoms with Crippen molar-refractivity contribution in [2.75, 3.05) is 18.6 Å². The van der Waals surface area contributed by atoms with Gasteiger partial charge in [0.05, 0.1) is 7.11 Å². The summed E-state index contributed by atoms with van der Waals surface area (Å²) >= 11 is 0. The number of nitrogens with one attached hydrogen (secondary N) is 2. The van der Waals surface area contributed by atoms with Gasteiger partial charge in [0.1, 0.15) is 5.75 Å². The summed E-state index contributed by atoms with van der Waals surface area (Å²) < 4.78 is 5.46. The molecule has 0 saturated heterocycles. The van der Waals surface area contributed by atoms with Crippen LogP contribution < -0.4 is 9.64 Å². The van der Waals surface area contributed by atoms with Crippen LogP contribution in [0.4, 0.5) is 5.69 Å². The van der Waals surface area contributed by atoms with Crippen LogP contribution in [0.5, 0.6) is 5.75 Å². The number of carbonyl (C=O) groups is 1. The van der Waals surface area contributed by atoms with E-state index in [1.807, 2.05) is 18.2 Å². The van der Waals surface area contributed by atoms with Gasteiger partial charge in [0.25, 0.3) is 0 Å². The van der Waals surface area contributed by atoms with Gasteiger partial charge in [0.15, 0.2) is 5.78 Å². The summed E-state index contributed by atoms with van der Waals surface area (Å²) in [6.45, 7) is 6.70. The molecule has 0 bridgehead atoms. The summed E-state index contributed by atoms with van der Waals surface area (Å²) in [5.41, 5.74) is 5.42. The number of methoxy groups -OCH3 is 1. The van der Waals surface area contributed by atoms with Crippen LogP contribution in [-0.4, -0.2) is 36.7 Å². The number of anilines is 1. The molecule has 6 nitrogen and oxygen atoms in total. The normalized spacial score (nSPS) is 16.6. The molecule has 195 valence electrons. The summed E-state index contributed by atoms with van der Waals surface area (Å²) in [6.07, 6.45) is 4.22. The minimum Gasteiger partial charge on any atom is -0.497 e. The van der Waals surface area contributed by atoms with Gasteiger partial charge in [0.2, 0.25) is 5.90 Å². The number of ketones is 1. The Morgan fingerprint density at radius 1 is 1.05 bits per heavy atom. The first-order valence-electron chi connectivity index (χ1n) is 11.9. The van der Waals surface area contributed by atoms with Crippen molar-refractivity contribution in [3.05, 3.63) is 107 Å². The molecule has 1 unspecified atom stereocenters. The van der Waals surface area contributed by atoms with Crippen LogP contribution in [0, 0.1) is 10.8 Å². The zero-order valence-electron chi connectivity index (χ0n) is 21.5. The quantitative estimate of drug-likeness (QED) is 0.184. The molecular weight excluding hydrogens is 509 g/mol.